The summed E-state index contributed by atoms with van der Waals surface area (Å²) in [5.74, 6) is -0.352. The third-order valence-corrected chi connectivity index (χ3v) is 4.64. The van der Waals surface area contributed by atoms with Crippen molar-refractivity contribution in [3.8, 4) is 0 Å². The lowest BCUT2D eigenvalue weighted by Crippen LogP contribution is -2.31. The van der Waals surface area contributed by atoms with E-state index in [1.165, 1.54) is 43.4 Å². The first-order chi connectivity index (χ1) is 9.11. The smallest absolute Gasteiger partial charge is 0.326 e. The standard InChI is InChI=1S/C13H21N3O2S/c1-2-8-5-3-4-6-9(8)15-13-16-10(7-19-13)11(14)12(17)18/h7-9,11H,2-6,14H2,1H3,(H,15,16)(H,17,18). The summed E-state index contributed by atoms with van der Waals surface area (Å²) >= 11 is 1.44. The Morgan fingerprint density at radius 3 is 3.05 bits per heavy atom. The number of carbonyl (C=O) groups is 1. The molecule has 1 aromatic rings. The first kappa shape index (κ1) is 14.3. The van der Waals surface area contributed by atoms with Crippen LogP contribution < -0.4 is 11.1 Å². The van der Waals surface area contributed by atoms with Crippen molar-refractivity contribution in [1.29, 1.82) is 0 Å². The first-order valence-corrected chi connectivity index (χ1v) is 7.70. The number of carboxylic acid groups (broad SMARTS) is 1. The fourth-order valence-corrected chi connectivity index (χ4v) is 3.48. The largest absolute Gasteiger partial charge is 0.480 e. The minimum Gasteiger partial charge on any atom is -0.480 e. The summed E-state index contributed by atoms with van der Waals surface area (Å²) in [4.78, 5) is 15.1. The van der Waals surface area contributed by atoms with E-state index >= 15 is 0 Å². The molecule has 2 rings (SSSR count). The van der Waals surface area contributed by atoms with Crippen LogP contribution >= 0.6 is 11.3 Å². The first-order valence-electron chi connectivity index (χ1n) is 6.82. The number of anilines is 1. The molecule has 1 heterocycles. The summed E-state index contributed by atoms with van der Waals surface area (Å²) in [5.41, 5.74) is 5.99. The fraction of sp³-hybridized carbons (Fsp3) is 0.692. The number of nitrogens with two attached hydrogens (primary N) is 1. The van der Waals surface area contributed by atoms with E-state index < -0.39 is 12.0 Å². The minimum absolute atomic E-state index is 0.434. The van der Waals surface area contributed by atoms with Gasteiger partial charge >= 0.3 is 5.97 Å². The maximum atomic E-state index is 10.8. The van der Waals surface area contributed by atoms with Crippen LogP contribution in [0.25, 0.3) is 0 Å². The molecule has 3 atom stereocenters. The third-order valence-electron chi connectivity index (χ3n) is 3.85. The van der Waals surface area contributed by atoms with Gasteiger partial charge in [0.1, 0.15) is 6.04 Å². The van der Waals surface area contributed by atoms with E-state index in [0.29, 0.717) is 17.7 Å². The van der Waals surface area contributed by atoms with Gasteiger partial charge in [-0.2, -0.15) is 0 Å². The van der Waals surface area contributed by atoms with Crippen LogP contribution in [0.1, 0.15) is 50.8 Å². The average Bonchev–Trinajstić information content (AvgIpc) is 2.87. The minimum atomic E-state index is -1.04. The number of hydrogen-bond acceptors (Lipinski definition) is 5. The Bertz CT molecular complexity index is 435. The van der Waals surface area contributed by atoms with Gasteiger partial charge in [0.2, 0.25) is 0 Å². The zero-order chi connectivity index (χ0) is 13.8. The molecule has 0 saturated heterocycles. The highest BCUT2D eigenvalue weighted by atomic mass is 32.1. The van der Waals surface area contributed by atoms with Crippen molar-refractivity contribution in [2.45, 2.75) is 51.1 Å². The topological polar surface area (TPSA) is 88.2 Å². The molecule has 0 aromatic carbocycles. The van der Waals surface area contributed by atoms with Gasteiger partial charge in [0.15, 0.2) is 5.13 Å². The van der Waals surface area contributed by atoms with Gasteiger partial charge in [-0.1, -0.05) is 26.2 Å². The summed E-state index contributed by atoms with van der Waals surface area (Å²) in [6, 6.07) is -0.570. The highest BCUT2D eigenvalue weighted by Gasteiger charge is 2.25. The Kier molecular flexibility index (Phi) is 4.76. The highest BCUT2D eigenvalue weighted by Crippen LogP contribution is 2.30. The van der Waals surface area contributed by atoms with Crippen molar-refractivity contribution < 1.29 is 9.90 Å². The maximum absolute atomic E-state index is 10.8. The molecule has 0 spiro atoms. The number of aromatic nitrogens is 1. The third kappa shape index (κ3) is 3.45. The summed E-state index contributed by atoms with van der Waals surface area (Å²) in [5, 5.41) is 14.8. The zero-order valence-corrected chi connectivity index (χ0v) is 11.9. The molecule has 4 N–H and O–H groups in total. The second-order valence-corrected chi connectivity index (χ2v) is 5.96. The predicted molar refractivity (Wildman–Crippen MR) is 76.3 cm³/mol. The van der Waals surface area contributed by atoms with Gasteiger partial charge in [-0.25, -0.2) is 4.98 Å². The molecule has 0 radical (unpaired) electrons. The van der Waals surface area contributed by atoms with E-state index in [2.05, 4.69) is 17.2 Å². The molecule has 0 bridgehead atoms. The van der Waals surface area contributed by atoms with Crippen molar-refractivity contribution in [3.63, 3.8) is 0 Å². The molecule has 5 nitrogen and oxygen atoms in total. The highest BCUT2D eigenvalue weighted by molar-refractivity contribution is 7.13. The quantitative estimate of drug-likeness (QED) is 0.773. The van der Waals surface area contributed by atoms with E-state index in [-0.39, 0.29) is 0 Å². The van der Waals surface area contributed by atoms with Crippen molar-refractivity contribution in [3.05, 3.63) is 11.1 Å². The number of hydrogen-bond donors (Lipinski definition) is 3. The fourth-order valence-electron chi connectivity index (χ4n) is 2.67. The van der Waals surface area contributed by atoms with Crippen molar-refractivity contribution in [2.24, 2.45) is 11.7 Å². The molecule has 6 heteroatoms. The second-order valence-electron chi connectivity index (χ2n) is 5.10. The van der Waals surface area contributed by atoms with Gasteiger partial charge in [-0.15, -0.1) is 11.3 Å². The van der Waals surface area contributed by atoms with Crippen LogP contribution in [-0.2, 0) is 4.79 Å². The van der Waals surface area contributed by atoms with Gasteiger partial charge in [-0.3, -0.25) is 4.79 Å². The van der Waals surface area contributed by atoms with Crippen molar-refractivity contribution >= 4 is 22.4 Å². The SMILES string of the molecule is CCC1CCCCC1Nc1nc(C(N)C(=O)O)cs1. The van der Waals surface area contributed by atoms with Crippen LogP contribution in [0.3, 0.4) is 0 Å². The Labute approximate surface area is 117 Å². The van der Waals surface area contributed by atoms with Crippen molar-refractivity contribution in [2.75, 3.05) is 5.32 Å². The summed E-state index contributed by atoms with van der Waals surface area (Å²) < 4.78 is 0. The zero-order valence-electron chi connectivity index (χ0n) is 11.1. The molecule has 0 aliphatic heterocycles. The maximum Gasteiger partial charge on any atom is 0.326 e. The monoisotopic (exact) mass is 283 g/mol. The molecular weight excluding hydrogens is 262 g/mol. The van der Waals surface area contributed by atoms with Gasteiger partial charge in [0.05, 0.1) is 5.69 Å². The normalized spacial score (nSPS) is 24.9. The van der Waals surface area contributed by atoms with Gasteiger partial charge in [0, 0.05) is 11.4 Å². The number of aliphatic carboxylic acids is 1. The Hall–Kier alpha value is -1.14. The number of thiazole rings is 1. The second kappa shape index (κ2) is 6.34. The molecular formula is C13H21N3O2S. The lowest BCUT2D eigenvalue weighted by atomic mass is 9.83. The molecule has 1 aromatic heterocycles. The molecule has 106 valence electrons. The van der Waals surface area contributed by atoms with E-state index in [0.717, 1.165) is 5.13 Å². The molecule has 19 heavy (non-hydrogen) atoms. The molecule has 1 saturated carbocycles. The van der Waals surface area contributed by atoms with E-state index in [1.54, 1.807) is 5.38 Å². The summed E-state index contributed by atoms with van der Waals surface area (Å²) in [6.07, 6.45) is 6.16. The number of carboxylic acids is 1. The van der Waals surface area contributed by atoms with E-state index in [1.807, 2.05) is 0 Å². The number of nitrogens with one attached hydrogen (secondary N) is 1. The Morgan fingerprint density at radius 2 is 2.37 bits per heavy atom. The van der Waals surface area contributed by atoms with Crippen LogP contribution in [0.15, 0.2) is 5.38 Å². The van der Waals surface area contributed by atoms with Gasteiger partial charge in [0.25, 0.3) is 0 Å². The molecule has 1 fully saturated rings. The molecule has 3 unspecified atom stereocenters. The molecule has 1 aliphatic carbocycles. The van der Waals surface area contributed by atoms with Gasteiger partial charge < -0.3 is 16.2 Å². The van der Waals surface area contributed by atoms with E-state index in [9.17, 15) is 4.79 Å². The van der Waals surface area contributed by atoms with Gasteiger partial charge in [-0.05, 0) is 18.8 Å². The summed E-state index contributed by atoms with van der Waals surface area (Å²) in [7, 11) is 0. The number of nitrogens with zero attached hydrogens (tertiary/aromatic N) is 1. The molecule has 0 amide bonds. The predicted octanol–water partition coefficient (Wildman–Crippen LogP) is 2.61. The lowest BCUT2D eigenvalue weighted by molar-refractivity contribution is -0.138. The summed E-state index contributed by atoms with van der Waals surface area (Å²) in [6.45, 7) is 2.22. The van der Waals surface area contributed by atoms with Crippen LogP contribution in [0.5, 0.6) is 0 Å². The van der Waals surface area contributed by atoms with Crippen LogP contribution in [0.2, 0.25) is 0 Å². The van der Waals surface area contributed by atoms with Crippen LogP contribution in [-0.4, -0.2) is 22.1 Å². The van der Waals surface area contributed by atoms with Crippen LogP contribution in [0, 0.1) is 5.92 Å². The lowest BCUT2D eigenvalue weighted by Gasteiger charge is -2.31. The average molecular weight is 283 g/mol. The van der Waals surface area contributed by atoms with Crippen molar-refractivity contribution in [1.82, 2.24) is 4.98 Å². The number of rotatable bonds is 5. The Morgan fingerprint density at radius 1 is 1.63 bits per heavy atom. The van der Waals surface area contributed by atoms with Crippen LogP contribution in [0.4, 0.5) is 5.13 Å². The Balaban J connectivity index is 2.01. The van der Waals surface area contributed by atoms with E-state index in [4.69, 9.17) is 10.8 Å². The molecule has 1 aliphatic rings.